The van der Waals surface area contributed by atoms with Gasteiger partial charge >= 0.3 is 0 Å². The zero-order valence-corrected chi connectivity index (χ0v) is 14.3. The normalized spacial score (nSPS) is 14.3. The van der Waals surface area contributed by atoms with Gasteiger partial charge in [0.05, 0.1) is 0 Å². The second kappa shape index (κ2) is 7.34. The first-order chi connectivity index (χ1) is 11.6. The Kier molecular flexibility index (Phi) is 4.99. The average molecular weight is 324 g/mol. The lowest BCUT2D eigenvalue weighted by atomic mass is 10.1. The van der Waals surface area contributed by atoms with Gasteiger partial charge in [-0.15, -0.1) is 0 Å². The van der Waals surface area contributed by atoms with Crippen LogP contribution in [0.15, 0.2) is 42.6 Å². The maximum Gasteiger partial charge on any atom is 0.255 e. The Morgan fingerprint density at radius 2 is 1.92 bits per heavy atom. The van der Waals surface area contributed by atoms with Crippen LogP contribution in [0.3, 0.4) is 0 Å². The van der Waals surface area contributed by atoms with Gasteiger partial charge in [0.1, 0.15) is 5.82 Å². The number of piperidine rings is 1. The minimum Gasteiger partial charge on any atom is -0.378 e. The quantitative estimate of drug-likeness (QED) is 0.936. The smallest absolute Gasteiger partial charge is 0.255 e. The molecule has 1 fully saturated rings. The first-order valence-corrected chi connectivity index (χ1v) is 8.43. The third kappa shape index (κ3) is 3.85. The molecule has 0 aliphatic carbocycles. The molecular formula is C19H24N4O. The highest BCUT2D eigenvalue weighted by Gasteiger charge is 2.14. The minimum atomic E-state index is -0.105. The van der Waals surface area contributed by atoms with Crippen molar-refractivity contribution in [3.8, 4) is 0 Å². The monoisotopic (exact) mass is 324 g/mol. The van der Waals surface area contributed by atoms with Crippen LogP contribution in [0.1, 0.15) is 29.6 Å². The van der Waals surface area contributed by atoms with Gasteiger partial charge in [-0.05, 0) is 49.6 Å². The summed E-state index contributed by atoms with van der Waals surface area (Å²) < 4.78 is 0. The Labute approximate surface area is 143 Å². The number of aromatic nitrogens is 1. The van der Waals surface area contributed by atoms with E-state index in [9.17, 15) is 4.79 Å². The number of rotatable bonds is 4. The standard InChI is InChI=1S/C19H24N4O/c1-22(2)17-8-6-7-16(14-17)21-19(24)15-9-10-20-18(13-15)23-11-4-3-5-12-23/h6-10,13-14H,3-5,11-12H2,1-2H3,(H,21,24). The molecule has 2 heterocycles. The first-order valence-electron chi connectivity index (χ1n) is 8.43. The summed E-state index contributed by atoms with van der Waals surface area (Å²) in [6.45, 7) is 2.03. The van der Waals surface area contributed by atoms with E-state index in [0.717, 1.165) is 30.3 Å². The number of hydrogen-bond donors (Lipinski definition) is 1. The number of benzene rings is 1. The molecule has 0 unspecified atom stereocenters. The molecule has 5 heteroatoms. The summed E-state index contributed by atoms with van der Waals surface area (Å²) in [7, 11) is 3.96. The highest BCUT2D eigenvalue weighted by Crippen LogP contribution is 2.20. The molecule has 24 heavy (non-hydrogen) atoms. The second-order valence-electron chi connectivity index (χ2n) is 6.35. The maximum atomic E-state index is 12.6. The van der Waals surface area contributed by atoms with Gasteiger partial charge < -0.3 is 15.1 Å². The largest absolute Gasteiger partial charge is 0.378 e. The van der Waals surface area contributed by atoms with E-state index in [4.69, 9.17) is 0 Å². The molecule has 0 saturated carbocycles. The van der Waals surface area contributed by atoms with Crippen LogP contribution in [0.4, 0.5) is 17.2 Å². The van der Waals surface area contributed by atoms with Gasteiger partial charge in [-0.2, -0.15) is 0 Å². The molecule has 1 aliphatic rings. The van der Waals surface area contributed by atoms with E-state index in [1.807, 2.05) is 49.3 Å². The molecule has 1 saturated heterocycles. The fourth-order valence-electron chi connectivity index (χ4n) is 2.92. The lowest BCUT2D eigenvalue weighted by molar-refractivity contribution is 0.102. The molecule has 1 aromatic carbocycles. The third-order valence-electron chi connectivity index (χ3n) is 4.31. The van der Waals surface area contributed by atoms with Crippen LogP contribution in [0.5, 0.6) is 0 Å². The number of anilines is 3. The Morgan fingerprint density at radius 1 is 1.12 bits per heavy atom. The predicted octanol–water partition coefficient (Wildman–Crippen LogP) is 3.39. The molecule has 5 nitrogen and oxygen atoms in total. The Balaban J connectivity index is 1.74. The van der Waals surface area contributed by atoms with Crippen molar-refractivity contribution < 1.29 is 4.79 Å². The Bertz CT molecular complexity index is 708. The number of nitrogens with one attached hydrogen (secondary N) is 1. The summed E-state index contributed by atoms with van der Waals surface area (Å²) in [5, 5.41) is 2.97. The molecule has 0 spiro atoms. The maximum absolute atomic E-state index is 12.6. The molecule has 1 amide bonds. The van der Waals surface area contributed by atoms with Gasteiger partial charge in [-0.3, -0.25) is 4.79 Å². The van der Waals surface area contributed by atoms with Crippen molar-refractivity contribution in [1.29, 1.82) is 0 Å². The van der Waals surface area contributed by atoms with E-state index in [0.29, 0.717) is 5.56 Å². The summed E-state index contributed by atoms with van der Waals surface area (Å²) in [5.41, 5.74) is 2.49. The SMILES string of the molecule is CN(C)c1cccc(NC(=O)c2ccnc(N3CCCCC3)c2)c1. The highest BCUT2D eigenvalue weighted by molar-refractivity contribution is 6.04. The number of amides is 1. The molecular weight excluding hydrogens is 300 g/mol. The van der Waals surface area contributed by atoms with Gasteiger partial charge in [-0.1, -0.05) is 6.07 Å². The van der Waals surface area contributed by atoms with E-state index in [2.05, 4.69) is 15.2 Å². The average Bonchev–Trinajstić information content (AvgIpc) is 2.63. The fourth-order valence-corrected chi connectivity index (χ4v) is 2.92. The topological polar surface area (TPSA) is 48.5 Å². The van der Waals surface area contributed by atoms with Crippen molar-refractivity contribution in [2.24, 2.45) is 0 Å². The second-order valence-corrected chi connectivity index (χ2v) is 6.35. The van der Waals surface area contributed by atoms with Crippen LogP contribution in [0, 0.1) is 0 Å². The van der Waals surface area contributed by atoms with Gasteiger partial charge in [0, 0.05) is 50.3 Å². The van der Waals surface area contributed by atoms with Crippen molar-refractivity contribution in [2.75, 3.05) is 42.3 Å². The van der Waals surface area contributed by atoms with E-state index in [1.165, 1.54) is 19.3 Å². The van der Waals surface area contributed by atoms with Crippen molar-refractivity contribution in [3.63, 3.8) is 0 Å². The summed E-state index contributed by atoms with van der Waals surface area (Å²) in [6.07, 6.45) is 5.37. The van der Waals surface area contributed by atoms with Crippen molar-refractivity contribution >= 4 is 23.1 Å². The van der Waals surface area contributed by atoms with E-state index >= 15 is 0 Å². The van der Waals surface area contributed by atoms with Crippen LogP contribution in [-0.2, 0) is 0 Å². The fraction of sp³-hybridized carbons (Fsp3) is 0.368. The van der Waals surface area contributed by atoms with Gasteiger partial charge in [0.15, 0.2) is 0 Å². The summed E-state index contributed by atoms with van der Waals surface area (Å²) in [4.78, 5) is 21.3. The van der Waals surface area contributed by atoms with E-state index < -0.39 is 0 Å². The highest BCUT2D eigenvalue weighted by atomic mass is 16.1. The van der Waals surface area contributed by atoms with Gasteiger partial charge in [0.25, 0.3) is 5.91 Å². The number of hydrogen-bond acceptors (Lipinski definition) is 4. The number of carbonyl (C=O) groups excluding carboxylic acids is 1. The molecule has 3 rings (SSSR count). The predicted molar refractivity (Wildman–Crippen MR) is 99.0 cm³/mol. The van der Waals surface area contributed by atoms with Crippen molar-refractivity contribution in [2.45, 2.75) is 19.3 Å². The van der Waals surface area contributed by atoms with E-state index in [1.54, 1.807) is 12.3 Å². The summed E-state index contributed by atoms with van der Waals surface area (Å²) in [6, 6.07) is 11.5. The molecule has 0 radical (unpaired) electrons. The van der Waals surface area contributed by atoms with Gasteiger partial charge in [0.2, 0.25) is 0 Å². The van der Waals surface area contributed by atoms with Crippen molar-refractivity contribution in [1.82, 2.24) is 4.98 Å². The van der Waals surface area contributed by atoms with Crippen LogP contribution in [0.25, 0.3) is 0 Å². The van der Waals surface area contributed by atoms with Crippen LogP contribution >= 0.6 is 0 Å². The first kappa shape index (κ1) is 16.3. The van der Waals surface area contributed by atoms with E-state index in [-0.39, 0.29) is 5.91 Å². The number of nitrogens with zero attached hydrogens (tertiary/aromatic N) is 3. The number of carbonyl (C=O) groups is 1. The van der Waals surface area contributed by atoms with Crippen LogP contribution in [0.2, 0.25) is 0 Å². The minimum absolute atomic E-state index is 0.105. The molecule has 1 aromatic heterocycles. The molecule has 2 aromatic rings. The molecule has 0 atom stereocenters. The lowest BCUT2D eigenvalue weighted by Crippen LogP contribution is -2.30. The lowest BCUT2D eigenvalue weighted by Gasteiger charge is -2.27. The van der Waals surface area contributed by atoms with Gasteiger partial charge in [-0.25, -0.2) is 4.98 Å². The zero-order valence-electron chi connectivity index (χ0n) is 14.3. The molecule has 126 valence electrons. The van der Waals surface area contributed by atoms with Crippen LogP contribution in [-0.4, -0.2) is 38.1 Å². The molecule has 1 N–H and O–H groups in total. The third-order valence-corrected chi connectivity index (χ3v) is 4.31. The Morgan fingerprint density at radius 3 is 2.67 bits per heavy atom. The summed E-state index contributed by atoms with van der Waals surface area (Å²) in [5.74, 6) is 0.788. The molecule has 1 aliphatic heterocycles. The summed E-state index contributed by atoms with van der Waals surface area (Å²) >= 11 is 0. The molecule has 0 bridgehead atoms. The Hall–Kier alpha value is -2.56. The zero-order chi connectivity index (χ0) is 16.9. The number of pyridine rings is 1. The van der Waals surface area contributed by atoms with Crippen molar-refractivity contribution in [3.05, 3.63) is 48.2 Å². The van der Waals surface area contributed by atoms with Crippen LogP contribution < -0.4 is 15.1 Å².